The number of nitrogen functional groups attached to an aromatic ring is 1. The first kappa shape index (κ1) is 16.1. The summed E-state index contributed by atoms with van der Waals surface area (Å²) in [6.45, 7) is 1.68. The van der Waals surface area contributed by atoms with Crippen molar-refractivity contribution in [2.24, 2.45) is 0 Å². The first-order valence-corrected chi connectivity index (χ1v) is 6.30. The Morgan fingerprint density at radius 3 is 2.50 bits per heavy atom. The molecule has 7 heteroatoms. The monoisotopic (exact) mass is 299 g/mol. The van der Waals surface area contributed by atoms with Gasteiger partial charge in [-0.15, -0.1) is 0 Å². The number of anilines is 2. The number of benzene rings is 1. The van der Waals surface area contributed by atoms with E-state index in [4.69, 9.17) is 17.3 Å². The second kappa shape index (κ2) is 6.47. The Morgan fingerprint density at radius 2 is 2.00 bits per heavy atom. The van der Waals surface area contributed by atoms with E-state index in [1.165, 1.54) is 24.1 Å². The molecular formula is C13H18ClN3O3. The van der Waals surface area contributed by atoms with Gasteiger partial charge in [0.2, 0.25) is 5.91 Å². The van der Waals surface area contributed by atoms with E-state index in [0.717, 1.165) is 0 Å². The summed E-state index contributed by atoms with van der Waals surface area (Å²) >= 11 is 6.09. The number of esters is 1. The fourth-order valence-electron chi connectivity index (χ4n) is 1.71. The number of ether oxygens (including phenoxy) is 1. The summed E-state index contributed by atoms with van der Waals surface area (Å²) in [5.41, 5.74) is 6.52. The van der Waals surface area contributed by atoms with Gasteiger partial charge in [-0.05, 0) is 19.1 Å². The van der Waals surface area contributed by atoms with Crippen LogP contribution in [-0.4, -0.2) is 44.0 Å². The van der Waals surface area contributed by atoms with Crippen LogP contribution in [0.2, 0.25) is 5.02 Å². The van der Waals surface area contributed by atoms with Crippen LogP contribution in [0.25, 0.3) is 0 Å². The summed E-state index contributed by atoms with van der Waals surface area (Å²) in [6.07, 6.45) is 0. The number of hydrogen-bond acceptors (Lipinski definition) is 5. The van der Waals surface area contributed by atoms with Crippen molar-refractivity contribution in [1.82, 2.24) is 4.90 Å². The van der Waals surface area contributed by atoms with Gasteiger partial charge in [0.05, 0.1) is 23.4 Å². The number of likely N-dealkylation sites (N-methyl/N-ethyl adjacent to an activating group) is 1. The number of halogens is 1. The van der Waals surface area contributed by atoms with Gasteiger partial charge in [0.1, 0.15) is 6.04 Å². The molecule has 20 heavy (non-hydrogen) atoms. The van der Waals surface area contributed by atoms with E-state index in [-0.39, 0.29) is 16.5 Å². The van der Waals surface area contributed by atoms with Crippen molar-refractivity contribution in [2.45, 2.75) is 13.0 Å². The Balaban J connectivity index is 3.17. The number of carbonyl (C=O) groups is 2. The van der Waals surface area contributed by atoms with Crippen LogP contribution in [0.1, 0.15) is 17.3 Å². The van der Waals surface area contributed by atoms with Gasteiger partial charge in [-0.25, -0.2) is 4.79 Å². The van der Waals surface area contributed by atoms with E-state index < -0.39 is 12.0 Å². The molecule has 0 radical (unpaired) electrons. The Hall–Kier alpha value is -1.95. The maximum Gasteiger partial charge on any atom is 0.340 e. The van der Waals surface area contributed by atoms with Crippen molar-refractivity contribution >= 4 is 34.9 Å². The average Bonchev–Trinajstić information content (AvgIpc) is 2.39. The van der Waals surface area contributed by atoms with Crippen molar-refractivity contribution < 1.29 is 14.3 Å². The number of nitrogens with zero attached hydrogens (tertiary/aromatic N) is 1. The molecule has 0 fully saturated rings. The van der Waals surface area contributed by atoms with E-state index in [1.54, 1.807) is 21.0 Å². The van der Waals surface area contributed by atoms with E-state index >= 15 is 0 Å². The van der Waals surface area contributed by atoms with Crippen LogP contribution < -0.4 is 11.1 Å². The van der Waals surface area contributed by atoms with Crippen LogP contribution in [0.3, 0.4) is 0 Å². The summed E-state index contributed by atoms with van der Waals surface area (Å²) in [5, 5.41) is 3.18. The molecule has 1 unspecified atom stereocenters. The van der Waals surface area contributed by atoms with Crippen LogP contribution in [0.5, 0.6) is 0 Å². The lowest BCUT2D eigenvalue weighted by molar-refractivity contribution is -0.129. The minimum absolute atomic E-state index is 0.145. The predicted octanol–water partition coefficient (Wildman–Crippen LogP) is 1.60. The van der Waals surface area contributed by atoms with Gasteiger partial charge in [-0.3, -0.25) is 4.79 Å². The van der Waals surface area contributed by atoms with Gasteiger partial charge in [0, 0.05) is 19.8 Å². The number of methoxy groups -OCH3 is 1. The standard InChI is InChI=1S/C13H18ClN3O3/c1-7(12(18)17(2)3)16-11-9(13(19)20-4)5-8(15)6-10(11)14/h5-7,16H,15H2,1-4H3. The topological polar surface area (TPSA) is 84.7 Å². The normalized spacial score (nSPS) is 11.7. The molecule has 0 bridgehead atoms. The highest BCUT2D eigenvalue weighted by molar-refractivity contribution is 6.34. The van der Waals surface area contributed by atoms with Crippen LogP contribution >= 0.6 is 11.6 Å². The van der Waals surface area contributed by atoms with Gasteiger partial charge in [-0.1, -0.05) is 11.6 Å². The molecule has 0 saturated carbocycles. The van der Waals surface area contributed by atoms with Gasteiger partial charge in [0.25, 0.3) is 0 Å². The average molecular weight is 300 g/mol. The molecule has 0 aliphatic carbocycles. The lowest BCUT2D eigenvalue weighted by Gasteiger charge is -2.21. The van der Waals surface area contributed by atoms with E-state index in [1.807, 2.05) is 0 Å². The third-order valence-corrected chi connectivity index (χ3v) is 2.99. The molecule has 110 valence electrons. The minimum Gasteiger partial charge on any atom is -0.465 e. The van der Waals surface area contributed by atoms with Crippen molar-refractivity contribution in [3.63, 3.8) is 0 Å². The van der Waals surface area contributed by atoms with Gasteiger partial charge < -0.3 is 20.7 Å². The highest BCUT2D eigenvalue weighted by Gasteiger charge is 2.21. The van der Waals surface area contributed by atoms with E-state index in [9.17, 15) is 9.59 Å². The Morgan fingerprint density at radius 1 is 1.40 bits per heavy atom. The van der Waals surface area contributed by atoms with Gasteiger partial charge in [-0.2, -0.15) is 0 Å². The number of nitrogens with two attached hydrogens (primary N) is 1. The quantitative estimate of drug-likeness (QED) is 0.651. The first-order valence-electron chi connectivity index (χ1n) is 5.93. The van der Waals surface area contributed by atoms with Gasteiger partial charge in [0.15, 0.2) is 0 Å². The summed E-state index contributed by atoms with van der Waals surface area (Å²) in [6, 6.07) is 2.41. The SMILES string of the molecule is COC(=O)c1cc(N)cc(Cl)c1NC(C)C(=O)N(C)C. The second-order valence-electron chi connectivity index (χ2n) is 4.52. The molecule has 3 N–H and O–H groups in total. The molecule has 0 aliphatic heterocycles. The maximum atomic E-state index is 11.9. The minimum atomic E-state index is -0.578. The predicted molar refractivity (Wildman–Crippen MR) is 79.0 cm³/mol. The number of rotatable bonds is 4. The number of amides is 1. The summed E-state index contributed by atoms with van der Waals surface area (Å²) in [5.74, 6) is -0.722. The smallest absolute Gasteiger partial charge is 0.340 e. The zero-order valence-corrected chi connectivity index (χ0v) is 12.6. The van der Waals surface area contributed by atoms with Crippen LogP contribution in [0, 0.1) is 0 Å². The molecule has 0 spiro atoms. The molecule has 1 amide bonds. The van der Waals surface area contributed by atoms with Crippen LogP contribution in [0.15, 0.2) is 12.1 Å². The third-order valence-electron chi connectivity index (χ3n) is 2.69. The molecule has 6 nitrogen and oxygen atoms in total. The van der Waals surface area contributed by atoms with E-state index in [2.05, 4.69) is 10.1 Å². The molecule has 0 aromatic heterocycles. The molecule has 1 aromatic carbocycles. The van der Waals surface area contributed by atoms with E-state index in [0.29, 0.717) is 11.4 Å². The molecule has 0 saturated heterocycles. The second-order valence-corrected chi connectivity index (χ2v) is 4.92. The highest BCUT2D eigenvalue weighted by atomic mass is 35.5. The number of hydrogen-bond donors (Lipinski definition) is 2. The zero-order chi connectivity index (χ0) is 15.4. The third kappa shape index (κ3) is 3.54. The summed E-state index contributed by atoms with van der Waals surface area (Å²) in [7, 11) is 4.55. The lowest BCUT2D eigenvalue weighted by Crippen LogP contribution is -2.37. The molecular weight excluding hydrogens is 282 g/mol. The largest absolute Gasteiger partial charge is 0.465 e. The molecule has 1 rings (SSSR count). The molecule has 0 aliphatic rings. The highest BCUT2D eigenvalue weighted by Crippen LogP contribution is 2.30. The Bertz CT molecular complexity index is 532. The van der Waals surface area contributed by atoms with Crippen LogP contribution in [0.4, 0.5) is 11.4 Å². The molecule has 1 atom stereocenters. The summed E-state index contributed by atoms with van der Waals surface area (Å²) in [4.78, 5) is 25.1. The first-order chi connectivity index (χ1) is 9.27. The summed E-state index contributed by atoms with van der Waals surface area (Å²) < 4.78 is 4.69. The van der Waals surface area contributed by atoms with Crippen molar-refractivity contribution in [1.29, 1.82) is 0 Å². The fraction of sp³-hybridized carbons (Fsp3) is 0.385. The number of carbonyl (C=O) groups excluding carboxylic acids is 2. The van der Waals surface area contributed by atoms with Crippen molar-refractivity contribution in [2.75, 3.05) is 32.3 Å². The van der Waals surface area contributed by atoms with Crippen LogP contribution in [-0.2, 0) is 9.53 Å². The molecule has 1 aromatic rings. The molecule has 0 heterocycles. The van der Waals surface area contributed by atoms with Crippen molar-refractivity contribution in [3.8, 4) is 0 Å². The number of nitrogens with one attached hydrogen (secondary N) is 1. The lowest BCUT2D eigenvalue weighted by atomic mass is 10.1. The maximum absolute atomic E-state index is 11.9. The zero-order valence-electron chi connectivity index (χ0n) is 11.9. The van der Waals surface area contributed by atoms with Crippen molar-refractivity contribution in [3.05, 3.63) is 22.7 Å². The Labute approximate surface area is 122 Å². The Kier molecular flexibility index (Phi) is 5.21. The fourth-order valence-corrected chi connectivity index (χ4v) is 1.99. The van der Waals surface area contributed by atoms with Gasteiger partial charge >= 0.3 is 5.97 Å².